The first-order chi connectivity index (χ1) is 10.8. The summed E-state index contributed by atoms with van der Waals surface area (Å²) in [5.41, 5.74) is 3.46. The van der Waals surface area contributed by atoms with Gasteiger partial charge in [-0.3, -0.25) is 4.79 Å². The summed E-state index contributed by atoms with van der Waals surface area (Å²) in [6.45, 7) is 1.41. The third kappa shape index (κ3) is 3.26. The number of hydrogen-bond donors (Lipinski definition) is 1. The maximum atomic E-state index is 12.2. The molecule has 1 amide bonds. The van der Waals surface area contributed by atoms with Crippen LogP contribution in [-0.4, -0.2) is 26.2 Å². The Morgan fingerprint density at radius 1 is 1.36 bits per heavy atom. The summed E-state index contributed by atoms with van der Waals surface area (Å²) in [6.07, 6.45) is 6.71. The largest absolute Gasteiger partial charge is 0.501 e. The van der Waals surface area contributed by atoms with E-state index >= 15 is 0 Å². The Hall–Kier alpha value is -1.97. The molecule has 0 bridgehead atoms. The number of aryl methyl sites for hydroxylation is 1. The minimum Gasteiger partial charge on any atom is -0.501 e. The minimum atomic E-state index is 0.0142. The summed E-state index contributed by atoms with van der Waals surface area (Å²) in [5.74, 6) is 1.32. The van der Waals surface area contributed by atoms with Crippen LogP contribution in [0.15, 0.2) is 30.0 Å². The minimum absolute atomic E-state index is 0.0142. The van der Waals surface area contributed by atoms with E-state index in [4.69, 9.17) is 9.47 Å². The molecule has 1 heterocycles. The number of amides is 1. The highest BCUT2D eigenvalue weighted by Crippen LogP contribution is 2.33. The lowest BCUT2D eigenvalue weighted by Gasteiger charge is -2.26. The Balaban J connectivity index is 1.64. The maximum absolute atomic E-state index is 12.2. The van der Waals surface area contributed by atoms with E-state index in [0.29, 0.717) is 19.1 Å². The van der Waals surface area contributed by atoms with Crippen LogP contribution in [0.5, 0.6) is 5.75 Å². The number of hydrogen-bond acceptors (Lipinski definition) is 3. The second-order valence-corrected chi connectivity index (χ2v) is 5.98. The molecule has 22 heavy (non-hydrogen) atoms. The highest BCUT2D eigenvalue weighted by atomic mass is 16.5. The van der Waals surface area contributed by atoms with Crippen LogP contribution in [0.2, 0.25) is 0 Å². The van der Waals surface area contributed by atoms with Crippen molar-refractivity contribution >= 4 is 5.91 Å². The topological polar surface area (TPSA) is 47.6 Å². The van der Waals surface area contributed by atoms with Gasteiger partial charge in [0.05, 0.1) is 25.6 Å². The molecule has 4 nitrogen and oxygen atoms in total. The molecule has 1 aliphatic carbocycles. The van der Waals surface area contributed by atoms with E-state index in [1.807, 2.05) is 6.07 Å². The molecule has 0 aromatic heterocycles. The smallest absolute Gasteiger partial charge is 0.250 e. The number of rotatable bonds is 4. The Labute approximate surface area is 131 Å². The van der Waals surface area contributed by atoms with Gasteiger partial charge < -0.3 is 14.8 Å². The molecule has 0 saturated carbocycles. The standard InChI is InChI=1S/C18H23NO3/c1-21-16-7-8-17-13(10-16)4-2-5-14(17)11-19-18(20)15-6-3-9-22-12-15/h7-8,10,12,14H,2-6,9,11H2,1H3,(H,19,20). The lowest BCUT2D eigenvalue weighted by Crippen LogP contribution is -2.31. The van der Waals surface area contributed by atoms with Gasteiger partial charge in [0.15, 0.2) is 0 Å². The second-order valence-electron chi connectivity index (χ2n) is 5.98. The second kappa shape index (κ2) is 6.86. The number of carbonyl (C=O) groups excluding carboxylic acids is 1. The van der Waals surface area contributed by atoms with E-state index in [1.165, 1.54) is 11.1 Å². The summed E-state index contributed by atoms with van der Waals surface area (Å²) in [4.78, 5) is 12.2. The van der Waals surface area contributed by atoms with Crippen molar-refractivity contribution < 1.29 is 14.3 Å². The van der Waals surface area contributed by atoms with E-state index < -0.39 is 0 Å². The van der Waals surface area contributed by atoms with E-state index in [9.17, 15) is 4.79 Å². The van der Waals surface area contributed by atoms with Gasteiger partial charge in [-0.2, -0.15) is 0 Å². The molecule has 0 fully saturated rings. The first-order valence-corrected chi connectivity index (χ1v) is 8.03. The third-order valence-electron chi connectivity index (χ3n) is 4.52. The molecule has 0 saturated heterocycles. The molecular formula is C18H23NO3. The first-order valence-electron chi connectivity index (χ1n) is 8.03. The number of methoxy groups -OCH3 is 1. The summed E-state index contributed by atoms with van der Waals surface area (Å²) >= 11 is 0. The van der Waals surface area contributed by atoms with Crippen molar-refractivity contribution in [2.75, 3.05) is 20.3 Å². The van der Waals surface area contributed by atoms with Gasteiger partial charge in [-0.1, -0.05) is 6.07 Å². The number of ether oxygens (including phenoxy) is 2. The Morgan fingerprint density at radius 2 is 2.27 bits per heavy atom. The summed E-state index contributed by atoms with van der Waals surface area (Å²) in [7, 11) is 1.70. The fourth-order valence-electron chi connectivity index (χ4n) is 3.29. The van der Waals surface area contributed by atoms with Crippen LogP contribution in [0.4, 0.5) is 0 Å². The molecule has 0 spiro atoms. The van der Waals surface area contributed by atoms with Crippen molar-refractivity contribution in [3.63, 3.8) is 0 Å². The van der Waals surface area contributed by atoms with Gasteiger partial charge in [-0.05, 0) is 55.4 Å². The van der Waals surface area contributed by atoms with Crippen LogP contribution in [0.1, 0.15) is 42.7 Å². The van der Waals surface area contributed by atoms with Crippen LogP contribution in [0.25, 0.3) is 0 Å². The van der Waals surface area contributed by atoms with E-state index in [-0.39, 0.29) is 5.91 Å². The predicted octanol–water partition coefficient (Wildman–Crippen LogP) is 2.93. The fourth-order valence-corrected chi connectivity index (χ4v) is 3.29. The van der Waals surface area contributed by atoms with Gasteiger partial charge in [-0.25, -0.2) is 0 Å². The van der Waals surface area contributed by atoms with Crippen molar-refractivity contribution in [2.24, 2.45) is 0 Å². The zero-order valence-electron chi connectivity index (χ0n) is 13.1. The third-order valence-corrected chi connectivity index (χ3v) is 4.52. The van der Waals surface area contributed by atoms with Crippen molar-refractivity contribution in [1.29, 1.82) is 0 Å². The number of carbonyl (C=O) groups is 1. The molecule has 1 atom stereocenters. The molecule has 1 unspecified atom stereocenters. The van der Waals surface area contributed by atoms with Crippen molar-refractivity contribution in [1.82, 2.24) is 5.32 Å². The van der Waals surface area contributed by atoms with E-state index in [0.717, 1.165) is 43.4 Å². The Bertz CT molecular complexity index is 580. The molecule has 118 valence electrons. The molecule has 1 aliphatic heterocycles. The number of benzene rings is 1. The highest BCUT2D eigenvalue weighted by Gasteiger charge is 2.22. The van der Waals surface area contributed by atoms with Crippen molar-refractivity contribution in [2.45, 2.75) is 38.0 Å². The van der Waals surface area contributed by atoms with Crippen LogP contribution in [0, 0.1) is 0 Å². The lowest BCUT2D eigenvalue weighted by atomic mass is 9.82. The van der Waals surface area contributed by atoms with Gasteiger partial charge in [0, 0.05) is 12.5 Å². The summed E-state index contributed by atoms with van der Waals surface area (Å²) in [6, 6.07) is 6.28. The van der Waals surface area contributed by atoms with E-state index in [1.54, 1.807) is 13.4 Å². The van der Waals surface area contributed by atoms with Gasteiger partial charge in [0.25, 0.3) is 0 Å². The zero-order chi connectivity index (χ0) is 15.4. The van der Waals surface area contributed by atoms with Gasteiger partial charge in [0.2, 0.25) is 5.91 Å². The number of nitrogens with one attached hydrogen (secondary N) is 1. The zero-order valence-corrected chi connectivity index (χ0v) is 13.1. The lowest BCUT2D eigenvalue weighted by molar-refractivity contribution is -0.118. The first kappa shape index (κ1) is 14.9. The molecule has 4 heteroatoms. The summed E-state index contributed by atoms with van der Waals surface area (Å²) in [5, 5.41) is 3.07. The van der Waals surface area contributed by atoms with Crippen LogP contribution >= 0.6 is 0 Å². The molecule has 3 rings (SSSR count). The van der Waals surface area contributed by atoms with Gasteiger partial charge in [-0.15, -0.1) is 0 Å². The summed E-state index contributed by atoms with van der Waals surface area (Å²) < 4.78 is 10.5. The Kier molecular flexibility index (Phi) is 4.66. The molecular weight excluding hydrogens is 278 g/mol. The molecule has 0 radical (unpaired) electrons. The van der Waals surface area contributed by atoms with Crippen molar-refractivity contribution in [3.05, 3.63) is 41.2 Å². The quantitative estimate of drug-likeness (QED) is 0.930. The van der Waals surface area contributed by atoms with Crippen LogP contribution in [0.3, 0.4) is 0 Å². The molecule has 2 aliphatic rings. The Morgan fingerprint density at radius 3 is 3.05 bits per heavy atom. The SMILES string of the molecule is COc1ccc2c(c1)CCCC2CNC(=O)C1=COCCC1. The van der Waals surface area contributed by atoms with Gasteiger partial charge >= 0.3 is 0 Å². The van der Waals surface area contributed by atoms with Crippen LogP contribution < -0.4 is 10.1 Å². The average molecular weight is 301 g/mol. The number of fused-ring (bicyclic) bond motifs is 1. The van der Waals surface area contributed by atoms with Crippen molar-refractivity contribution in [3.8, 4) is 5.75 Å². The maximum Gasteiger partial charge on any atom is 0.250 e. The molecule has 1 aromatic rings. The highest BCUT2D eigenvalue weighted by molar-refractivity contribution is 5.93. The monoisotopic (exact) mass is 301 g/mol. The predicted molar refractivity (Wildman–Crippen MR) is 85.0 cm³/mol. The van der Waals surface area contributed by atoms with Gasteiger partial charge in [0.1, 0.15) is 5.75 Å². The fraction of sp³-hybridized carbons (Fsp3) is 0.500. The molecule has 1 N–H and O–H groups in total. The normalized spacial score (nSPS) is 20.4. The van der Waals surface area contributed by atoms with Crippen LogP contribution in [-0.2, 0) is 16.0 Å². The average Bonchev–Trinajstić information content (AvgIpc) is 2.59. The van der Waals surface area contributed by atoms with E-state index in [2.05, 4.69) is 17.4 Å². The molecule has 1 aromatic carbocycles.